The van der Waals surface area contributed by atoms with Crippen LogP contribution in [0.1, 0.15) is 12.5 Å². The van der Waals surface area contributed by atoms with Crippen LogP contribution in [0.4, 0.5) is 0 Å². The van der Waals surface area contributed by atoms with Crippen molar-refractivity contribution in [2.24, 2.45) is 0 Å². The number of benzene rings is 1. The monoisotopic (exact) mass is 199 g/mol. The van der Waals surface area contributed by atoms with Gasteiger partial charge in [0.15, 0.2) is 0 Å². The van der Waals surface area contributed by atoms with Crippen LogP contribution in [0.25, 0.3) is 0 Å². The zero-order valence-corrected chi connectivity index (χ0v) is 9.34. The molecule has 0 aliphatic carbocycles. The minimum absolute atomic E-state index is 0. The molecule has 1 nitrogen and oxygen atoms in total. The van der Waals surface area contributed by atoms with E-state index in [0.717, 1.165) is 6.42 Å². The van der Waals surface area contributed by atoms with Crippen molar-refractivity contribution in [1.29, 1.82) is 0 Å². The summed E-state index contributed by atoms with van der Waals surface area (Å²) in [5.74, 6) is 0. The van der Waals surface area contributed by atoms with Crippen molar-refractivity contribution >= 4 is 12.4 Å². The molecule has 0 radical (unpaired) electrons. The van der Waals surface area contributed by atoms with Crippen molar-refractivity contribution in [3.8, 4) is 0 Å². The highest BCUT2D eigenvalue weighted by Crippen LogP contribution is 2.05. The lowest BCUT2D eigenvalue weighted by molar-refractivity contribution is 0.312. The van der Waals surface area contributed by atoms with E-state index in [1.165, 1.54) is 5.56 Å². The summed E-state index contributed by atoms with van der Waals surface area (Å²) < 4.78 is 0. The standard InChI is InChI=1S/C11H17N.ClH/c1-10(12(2)3)9-11-7-5-4-6-8-11;/h4-8,10H,9H2,1-3H3;1H/t10-;/m1./s1. The van der Waals surface area contributed by atoms with E-state index < -0.39 is 0 Å². The summed E-state index contributed by atoms with van der Waals surface area (Å²) in [6.45, 7) is 2.24. The van der Waals surface area contributed by atoms with E-state index in [1.807, 2.05) is 0 Å². The lowest BCUT2D eigenvalue weighted by atomic mass is 10.1. The fourth-order valence-electron chi connectivity index (χ4n) is 1.14. The van der Waals surface area contributed by atoms with Crippen LogP contribution in [0.2, 0.25) is 0 Å². The number of rotatable bonds is 3. The van der Waals surface area contributed by atoms with Gasteiger partial charge in [0.1, 0.15) is 0 Å². The quantitative estimate of drug-likeness (QED) is 0.724. The summed E-state index contributed by atoms with van der Waals surface area (Å²) in [5.41, 5.74) is 1.42. The molecule has 0 aliphatic heterocycles. The summed E-state index contributed by atoms with van der Waals surface area (Å²) in [6, 6.07) is 11.2. The van der Waals surface area contributed by atoms with Gasteiger partial charge < -0.3 is 4.90 Å². The molecule has 0 spiro atoms. The third-order valence-corrected chi connectivity index (χ3v) is 2.26. The molecule has 1 aromatic rings. The second-order valence-corrected chi connectivity index (χ2v) is 3.50. The van der Waals surface area contributed by atoms with Crippen molar-refractivity contribution in [2.45, 2.75) is 19.4 Å². The first-order valence-corrected chi connectivity index (χ1v) is 4.40. The predicted molar refractivity (Wildman–Crippen MR) is 60.5 cm³/mol. The van der Waals surface area contributed by atoms with Gasteiger partial charge >= 0.3 is 0 Å². The molecule has 0 aromatic heterocycles. The van der Waals surface area contributed by atoms with Gasteiger partial charge in [-0.2, -0.15) is 0 Å². The van der Waals surface area contributed by atoms with E-state index in [1.54, 1.807) is 0 Å². The van der Waals surface area contributed by atoms with Gasteiger partial charge in [0.25, 0.3) is 0 Å². The number of hydrogen-bond donors (Lipinski definition) is 0. The summed E-state index contributed by atoms with van der Waals surface area (Å²) >= 11 is 0. The average Bonchev–Trinajstić information content (AvgIpc) is 2.06. The Bertz CT molecular complexity index is 221. The summed E-state index contributed by atoms with van der Waals surface area (Å²) in [4.78, 5) is 2.24. The molecule has 0 fully saturated rings. The lowest BCUT2D eigenvalue weighted by Gasteiger charge is -2.19. The summed E-state index contributed by atoms with van der Waals surface area (Å²) in [5, 5.41) is 0. The van der Waals surface area contributed by atoms with Gasteiger partial charge in [-0.3, -0.25) is 0 Å². The Morgan fingerprint density at radius 2 is 1.69 bits per heavy atom. The van der Waals surface area contributed by atoms with Crippen LogP contribution in [0.15, 0.2) is 30.3 Å². The molecule has 0 saturated carbocycles. The Kier molecular flexibility index (Phi) is 5.76. The molecule has 0 unspecified atom stereocenters. The minimum Gasteiger partial charge on any atom is -0.306 e. The molecule has 1 atom stereocenters. The topological polar surface area (TPSA) is 3.24 Å². The summed E-state index contributed by atoms with van der Waals surface area (Å²) in [7, 11) is 4.24. The molecule has 1 rings (SSSR count). The largest absolute Gasteiger partial charge is 0.306 e. The molecule has 0 heterocycles. The van der Waals surface area contributed by atoms with Crippen LogP contribution in [-0.4, -0.2) is 25.0 Å². The van der Waals surface area contributed by atoms with Crippen LogP contribution >= 0.6 is 12.4 Å². The Morgan fingerprint density at radius 1 is 1.15 bits per heavy atom. The Morgan fingerprint density at radius 3 is 2.15 bits per heavy atom. The minimum atomic E-state index is 0. The third-order valence-electron chi connectivity index (χ3n) is 2.26. The van der Waals surface area contributed by atoms with E-state index >= 15 is 0 Å². The average molecular weight is 200 g/mol. The highest BCUT2D eigenvalue weighted by Gasteiger charge is 2.04. The Hall–Kier alpha value is -0.530. The van der Waals surface area contributed by atoms with Crippen molar-refractivity contribution in [3.63, 3.8) is 0 Å². The van der Waals surface area contributed by atoms with Crippen molar-refractivity contribution in [3.05, 3.63) is 35.9 Å². The van der Waals surface area contributed by atoms with Crippen molar-refractivity contribution < 1.29 is 0 Å². The molecule has 2 heteroatoms. The van der Waals surface area contributed by atoms with E-state index in [2.05, 4.69) is 56.3 Å². The first-order valence-electron chi connectivity index (χ1n) is 4.40. The number of nitrogens with zero attached hydrogens (tertiary/aromatic N) is 1. The van der Waals surface area contributed by atoms with Gasteiger partial charge in [-0.05, 0) is 33.0 Å². The molecular formula is C11H18ClN. The van der Waals surface area contributed by atoms with Crippen LogP contribution in [-0.2, 0) is 6.42 Å². The van der Waals surface area contributed by atoms with Crippen LogP contribution in [0, 0.1) is 0 Å². The molecule has 1 aromatic carbocycles. The molecule has 74 valence electrons. The Balaban J connectivity index is 0.00000144. The zero-order chi connectivity index (χ0) is 8.97. The van der Waals surface area contributed by atoms with Gasteiger partial charge in [-0.25, -0.2) is 0 Å². The van der Waals surface area contributed by atoms with Gasteiger partial charge in [-0.15, -0.1) is 12.4 Å². The second kappa shape index (κ2) is 6.01. The van der Waals surface area contributed by atoms with Crippen molar-refractivity contribution in [1.82, 2.24) is 4.90 Å². The van der Waals surface area contributed by atoms with Crippen LogP contribution in [0.3, 0.4) is 0 Å². The maximum atomic E-state index is 2.24. The molecule has 13 heavy (non-hydrogen) atoms. The molecule has 0 aliphatic rings. The van der Waals surface area contributed by atoms with Crippen molar-refractivity contribution in [2.75, 3.05) is 14.1 Å². The fourth-order valence-corrected chi connectivity index (χ4v) is 1.14. The Labute approximate surface area is 87.2 Å². The summed E-state index contributed by atoms with van der Waals surface area (Å²) in [6.07, 6.45) is 1.13. The van der Waals surface area contributed by atoms with Gasteiger partial charge in [-0.1, -0.05) is 30.3 Å². The van der Waals surface area contributed by atoms with E-state index in [0.29, 0.717) is 6.04 Å². The highest BCUT2D eigenvalue weighted by atomic mass is 35.5. The maximum absolute atomic E-state index is 2.24. The molecule has 0 bridgehead atoms. The number of hydrogen-bond acceptors (Lipinski definition) is 1. The zero-order valence-electron chi connectivity index (χ0n) is 8.53. The van der Waals surface area contributed by atoms with E-state index in [9.17, 15) is 0 Å². The third kappa shape index (κ3) is 4.30. The molecule has 0 amide bonds. The van der Waals surface area contributed by atoms with E-state index in [4.69, 9.17) is 0 Å². The first kappa shape index (κ1) is 12.5. The van der Waals surface area contributed by atoms with E-state index in [-0.39, 0.29) is 12.4 Å². The number of likely N-dealkylation sites (N-methyl/N-ethyl adjacent to an activating group) is 1. The maximum Gasteiger partial charge on any atom is 0.0101 e. The molecular weight excluding hydrogens is 182 g/mol. The predicted octanol–water partition coefficient (Wildman–Crippen LogP) is 2.60. The van der Waals surface area contributed by atoms with Gasteiger partial charge in [0.05, 0.1) is 0 Å². The normalized spacial score (nSPS) is 12.3. The SMILES string of the molecule is C[C@H](Cc1ccccc1)N(C)C.Cl. The van der Waals surface area contributed by atoms with Crippen LogP contribution < -0.4 is 0 Å². The fraction of sp³-hybridized carbons (Fsp3) is 0.455. The van der Waals surface area contributed by atoms with Gasteiger partial charge in [0.2, 0.25) is 0 Å². The van der Waals surface area contributed by atoms with Crippen LogP contribution in [0.5, 0.6) is 0 Å². The highest BCUT2D eigenvalue weighted by molar-refractivity contribution is 5.85. The number of halogens is 1. The molecule has 0 N–H and O–H groups in total. The second-order valence-electron chi connectivity index (χ2n) is 3.50. The lowest BCUT2D eigenvalue weighted by Crippen LogP contribution is -2.26. The smallest absolute Gasteiger partial charge is 0.0101 e. The first-order chi connectivity index (χ1) is 5.70. The van der Waals surface area contributed by atoms with Gasteiger partial charge in [0, 0.05) is 6.04 Å². The molecule has 0 saturated heterocycles.